The van der Waals surface area contributed by atoms with Gasteiger partial charge in [-0.15, -0.1) is 0 Å². The first-order valence-corrected chi connectivity index (χ1v) is 9.44. The molecule has 0 aliphatic carbocycles. The molecule has 0 aromatic carbocycles. The molecule has 3 aromatic heterocycles. The monoisotopic (exact) mass is 353 g/mol. The summed E-state index contributed by atoms with van der Waals surface area (Å²) in [6.07, 6.45) is 8.15. The second kappa shape index (κ2) is 8.21. The number of rotatable bonds is 8. The van der Waals surface area contributed by atoms with Crippen LogP contribution in [0.4, 0.5) is 5.82 Å². The SMILES string of the molecule is CCCCCCCC(=O)Nc1c(-c2ccc(C)o2)nc2ccc(C)cn12. The summed E-state index contributed by atoms with van der Waals surface area (Å²) >= 11 is 0. The minimum absolute atomic E-state index is 0.0225. The summed E-state index contributed by atoms with van der Waals surface area (Å²) < 4.78 is 7.68. The highest BCUT2D eigenvalue weighted by Crippen LogP contribution is 2.30. The van der Waals surface area contributed by atoms with Crippen molar-refractivity contribution in [2.75, 3.05) is 5.32 Å². The second-order valence-electron chi connectivity index (χ2n) is 6.87. The number of fused-ring (bicyclic) bond motifs is 1. The maximum Gasteiger partial charge on any atom is 0.225 e. The van der Waals surface area contributed by atoms with Crippen LogP contribution >= 0.6 is 0 Å². The Labute approximate surface area is 154 Å². The van der Waals surface area contributed by atoms with Gasteiger partial charge in [-0.2, -0.15) is 0 Å². The Balaban J connectivity index is 1.83. The van der Waals surface area contributed by atoms with Gasteiger partial charge in [0.25, 0.3) is 0 Å². The third kappa shape index (κ3) is 4.15. The molecular weight excluding hydrogens is 326 g/mol. The fourth-order valence-corrected chi connectivity index (χ4v) is 3.09. The van der Waals surface area contributed by atoms with Gasteiger partial charge in [-0.05, 0) is 44.0 Å². The summed E-state index contributed by atoms with van der Waals surface area (Å²) in [6.45, 7) is 6.12. The number of hydrogen-bond donors (Lipinski definition) is 1. The van der Waals surface area contributed by atoms with E-state index in [1.807, 2.05) is 48.7 Å². The number of anilines is 1. The van der Waals surface area contributed by atoms with E-state index < -0.39 is 0 Å². The first kappa shape index (κ1) is 18.2. The van der Waals surface area contributed by atoms with E-state index in [2.05, 4.69) is 17.2 Å². The molecule has 3 heterocycles. The van der Waals surface area contributed by atoms with Gasteiger partial charge in [0.2, 0.25) is 5.91 Å². The minimum Gasteiger partial charge on any atom is -0.460 e. The number of amides is 1. The highest BCUT2D eigenvalue weighted by atomic mass is 16.3. The Bertz CT molecular complexity index is 892. The summed E-state index contributed by atoms with van der Waals surface area (Å²) in [6, 6.07) is 7.77. The minimum atomic E-state index is 0.0225. The number of nitrogens with zero attached hydrogens (tertiary/aromatic N) is 2. The molecule has 0 saturated heterocycles. The molecule has 1 amide bonds. The quantitative estimate of drug-likeness (QED) is 0.543. The molecule has 0 bridgehead atoms. The lowest BCUT2D eigenvalue weighted by Gasteiger charge is -2.07. The number of aromatic nitrogens is 2. The first-order valence-electron chi connectivity index (χ1n) is 9.44. The predicted molar refractivity (Wildman–Crippen MR) is 104 cm³/mol. The molecule has 26 heavy (non-hydrogen) atoms. The van der Waals surface area contributed by atoms with Gasteiger partial charge in [0.1, 0.15) is 22.9 Å². The zero-order chi connectivity index (χ0) is 18.5. The van der Waals surface area contributed by atoms with Crippen LogP contribution in [-0.4, -0.2) is 15.3 Å². The van der Waals surface area contributed by atoms with E-state index in [0.717, 1.165) is 29.8 Å². The van der Waals surface area contributed by atoms with Gasteiger partial charge in [-0.1, -0.05) is 38.7 Å². The van der Waals surface area contributed by atoms with Crippen molar-refractivity contribution in [2.24, 2.45) is 0 Å². The van der Waals surface area contributed by atoms with Gasteiger partial charge in [-0.3, -0.25) is 9.20 Å². The third-order valence-corrected chi connectivity index (χ3v) is 4.51. The molecular formula is C21H27N3O2. The molecule has 0 radical (unpaired) electrons. The van der Waals surface area contributed by atoms with Gasteiger partial charge < -0.3 is 9.73 Å². The number of unbranched alkanes of at least 4 members (excludes halogenated alkanes) is 4. The van der Waals surface area contributed by atoms with E-state index in [0.29, 0.717) is 23.7 Å². The molecule has 0 atom stereocenters. The highest BCUT2D eigenvalue weighted by molar-refractivity contribution is 5.94. The number of hydrogen-bond acceptors (Lipinski definition) is 3. The van der Waals surface area contributed by atoms with Crippen molar-refractivity contribution in [1.29, 1.82) is 0 Å². The maximum atomic E-state index is 12.5. The summed E-state index contributed by atoms with van der Waals surface area (Å²) in [5.41, 5.74) is 2.56. The van der Waals surface area contributed by atoms with Crippen LogP contribution in [0.2, 0.25) is 0 Å². The molecule has 0 aliphatic rings. The van der Waals surface area contributed by atoms with Gasteiger partial charge in [0.05, 0.1) is 0 Å². The average molecular weight is 353 g/mol. The summed E-state index contributed by atoms with van der Waals surface area (Å²) in [5.74, 6) is 2.19. The normalized spacial score (nSPS) is 11.2. The van der Waals surface area contributed by atoms with Crippen molar-refractivity contribution in [3.8, 4) is 11.5 Å². The smallest absolute Gasteiger partial charge is 0.225 e. The zero-order valence-corrected chi connectivity index (χ0v) is 15.8. The summed E-state index contributed by atoms with van der Waals surface area (Å²) in [7, 11) is 0. The molecule has 0 unspecified atom stereocenters. The number of carbonyl (C=O) groups is 1. The highest BCUT2D eigenvalue weighted by Gasteiger charge is 2.18. The van der Waals surface area contributed by atoms with Crippen molar-refractivity contribution in [2.45, 2.75) is 59.3 Å². The lowest BCUT2D eigenvalue weighted by atomic mass is 10.1. The van der Waals surface area contributed by atoms with E-state index >= 15 is 0 Å². The molecule has 138 valence electrons. The van der Waals surface area contributed by atoms with E-state index in [4.69, 9.17) is 4.42 Å². The first-order chi connectivity index (χ1) is 12.6. The topological polar surface area (TPSA) is 59.5 Å². The summed E-state index contributed by atoms with van der Waals surface area (Å²) in [5, 5.41) is 3.06. The molecule has 3 aromatic rings. The molecule has 1 N–H and O–H groups in total. The summed E-state index contributed by atoms with van der Waals surface area (Å²) in [4.78, 5) is 17.1. The Morgan fingerprint density at radius 1 is 1.12 bits per heavy atom. The number of carbonyl (C=O) groups excluding carboxylic acids is 1. The molecule has 0 fully saturated rings. The number of aryl methyl sites for hydroxylation is 2. The van der Waals surface area contributed by atoms with Crippen LogP contribution in [-0.2, 0) is 4.79 Å². The number of pyridine rings is 1. The van der Waals surface area contributed by atoms with Crippen LogP contribution in [0, 0.1) is 13.8 Å². The molecule has 3 rings (SSSR count). The van der Waals surface area contributed by atoms with E-state index in [1.54, 1.807) is 0 Å². The van der Waals surface area contributed by atoms with Crippen LogP contribution in [0.5, 0.6) is 0 Å². The number of furan rings is 1. The Hall–Kier alpha value is -2.56. The Kier molecular flexibility index (Phi) is 5.76. The average Bonchev–Trinajstić information content (AvgIpc) is 3.19. The van der Waals surface area contributed by atoms with E-state index in [-0.39, 0.29) is 5.91 Å². The van der Waals surface area contributed by atoms with Gasteiger partial charge in [0, 0.05) is 12.6 Å². The standard InChI is InChI=1S/C21H27N3O2/c1-4-5-6-7-8-9-19(25)23-21-20(17-12-11-16(3)26-17)22-18-13-10-15(2)14-24(18)21/h10-14H,4-9H2,1-3H3,(H,23,25). The third-order valence-electron chi connectivity index (χ3n) is 4.51. The largest absolute Gasteiger partial charge is 0.460 e. The van der Waals surface area contributed by atoms with Gasteiger partial charge in [0.15, 0.2) is 5.76 Å². The van der Waals surface area contributed by atoms with Crippen LogP contribution < -0.4 is 5.32 Å². The van der Waals surface area contributed by atoms with Crippen molar-refractivity contribution in [3.05, 3.63) is 41.8 Å². The van der Waals surface area contributed by atoms with E-state index in [1.165, 1.54) is 19.3 Å². The zero-order valence-electron chi connectivity index (χ0n) is 15.8. The van der Waals surface area contributed by atoms with Crippen molar-refractivity contribution < 1.29 is 9.21 Å². The fourth-order valence-electron chi connectivity index (χ4n) is 3.09. The maximum absolute atomic E-state index is 12.5. The Morgan fingerprint density at radius 2 is 1.92 bits per heavy atom. The fraction of sp³-hybridized carbons (Fsp3) is 0.429. The van der Waals surface area contributed by atoms with Gasteiger partial charge in [-0.25, -0.2) is 4.98 Å². The molecule has 0 aliphatic heterocycles. The van der Waals surface area contributed by atoms with Crippen LogP contribution in [0.15, 0.2) is 34.9 Å². The predicted octanol–water partition coefficient (Wildman–Crippen LogP) is 5.51. The second-order valence-corrected chi connectivity index (χ2v) is 6.87. The molecule has 5 nitrogen and oxygen atoms in total. The van der Waals surface area contributed by atoms with Gasteiger partial charge >= 0.3 is 0 Å². The molecule has 5 heteroatoms. The van der Waals surface area contributed by atoms with Crippen LogP contribution in [0.25, 0.3) is 17.1 Å². The van der Waals surface area contributed by atoms with Crippen molar-refractivity contribution in [3.63, 3.8) is 0 Å². The van der Waals surface area contributed by atoms with Crippen LogP contribution in [0.1, 0.15) is 56.8 Å². The molecule has 0 spiro atoms. The Morgan fingerprint density at radius 3 is 2.65 bits per heavy atom. The lowest BCUT2D eigenvalue weighted by Crippen LogP contribution is -2.13. The van der Waals surface area contributed by atoms with Crippen LogP contribution in [0.3, 0.4) is 0 Å². The number of nitrogens with one attached hydrogen (secondary N) is 1. The lowest BCUT2D eigenvalue weighted by molar-refractivity contribution is -0.116. The number of imidazole rings is 1. The van der Waals surface area contributed by atoms with E-state index in [9.17, 15) is 4.79 Å². The van der Waals surface area contributed by atoms with Crippen molar-refractivity contribution >= 4 is 17.4 Å². The molecule has 0 saturated carbocycles. The van der Waals surface area contributed by atoms with Crippen molar-refractivity contribution in [1.82, 2.24) is 9.38 Å².